The van der Waals surface area contributed by atoms with Crippen molar-refractivity contribution >= 4 is 17.6 Å². The summed E-state index contributed by atoms with van der Waals surface area (Å²) in [5, 5.41) is 11.9. The lowest BCUT2D eigenvalue weighted by Crippen LogP contribution is -2.25. The van der Waals surface area contributed by atoms with Crippen molar-refractivity contribution in [1.82, 2.24) is 14.7 Å². The van der Waals surface area contributed by atoms with E-state index in [1.54, 1.807) is 55.8 Å². The van der Waals surface area contributed by atoms with E-state index in [1.165, 1.54) is 16.6 Å². The number of nitrogens with one attached hydrogen (secondary N) is 1. The molecule has 0 fully saturated rings. The molecule has 2 heterocycles. The normalized spacial score (nSPS) is 10.9. The Morgan fingerprint density at radius 2 is 2.00 bits per heavy atom. The number of nitriles is 1. The summed E-state index contributed by atoms with van der Waals surface area (Å²) in [6.45, 7) is 3.70. The molecule has 0 aliphatic heterocycles. The number of ether oxygens (including phenoxy) is 2. The van der Waals surface area contributed by atoms with Gasteiger partial charge in [-0.15, -0.1) is 6.58 Å². The number of hydrogen-bond acceptors (Lipinski definition) is 6. The van der Waals surface area contributed by atoms with Gasteiger partial charge in [0.2, 0.25) is 5.88 Å². The number of fused-ring (bicyclic) bond motifs is 1. The van der Waals surface area contributed by atoms with Gasteiger partial charge in [0.1, 0.15) is 34.4 Å². The second kappa shape index (κ2) is 9.21. The average Bonchev–Trinajstić information content (AvgIpc) is 2.78. The first kappa shape index (κ1) is 20.4. The molecule has 0 saturated carbocycles. The molecule has 1 N–H and O–H groups in total. The molecule has 8 nitrogen and oxygen atoms in total. The minimum atomic E-state index is -0.634. The maximum absolute atomic E-state index is 13.0. The van der Waals surface area contributed by atoms with Crippen LogP contribution < -0.4 is 20.3 Å². The number of pyridine rings is 1. The fraction of sp³-hybridized carbons (Fsp3) is 0.0909. The van der Waals surface area contributed by atoms with Crippen molar-refractivity contribution in [2.75, 3.05) is 13.7 Å². The minimum Gasteiger partial charge on any atom is -0.497 e. The third kappa shape index (κ3) is 4.36. The van der Waals surface area contributed by atoms with Gasteiger partial charge in [-0.25, -0.2) is 0 Å². The Morgan fingerprint density at radius 1 is 1.27 bits per heavy atom. The van der Waals surface area contributed by atoms with E-state index in [1.807, 2.05) is 6.07 Å². The highest BCUT2D eigenvalue weighted by Crippen LogP contribution is 2.25. The van der Waals surface area contributed by atoms with Crippen molar-refractivity contribution < 1.29 is 14.3 Å². The van der Waals surface area contributed by atoms with E-state index in [9.17, 15) is 14.9 Å². The zero-order valence-corrected chi connectivity index (χ0v) is 16.2. The molecular weight excluding hydrogens is 384 g/mol. The van der Waals surface area contributed by atoms with Gasteiger partial charge in [0, 0.05) is 12.7 Å². The van der Waals surface area contributed by atoms with Crippen LogP contribution in [-0.4, -0.2) is 28.9 Å². The second-order valence-corrected chi connectivity index (χ2v) is 6.01. The minimum absolute atomic E-state index is 0.0272. The molecule has 1 aromatic carbocycles. The summed E-state index contributed by atoms with van der Waals surface area (Å²) in [5.74, 6) is 0.387. The fourth-order valence-electron chi connectivity index (χ4n) is 2.59. The Kier molecular flexibility index (Phi) is 6.25. The molecule has 30 heavy (non-hydrogen) atoms. The molecule has 3 rings (SSSR count). The van der Waals surface area contributed by atoms with Crippen LogP contribution in [0, 0.1) is 11.3 Å². The number of benzene rings is 1. The number of carbonyl (C=O) groups is 1. The molecule has 2 aromatic heterocycles. The van der Waals surface area contributed by atoms with Crippen LogP contribution in [0.25, 0.3) is 11.7 Å². The Balaban J connectivity index is 2.13. The van der Waals surface area contributed by atoms with Crippen LogP contribution in [0.2, 0.25) is 0 Å². The predicted molar refractivity (Wildman–Crippen MR) is 111 cm³/mol. The van der Waals surface area contributed by atoms with Crippen molar-refractivity contribution in [3.05, 3.63) is 82.8 Å². The first-order valence-electron chi connectivity index (χ1n) is 8.91. The maximum Gasteiger partial charge on any atom is 0.269 e. The monoisotopic (exact) mass is 402 g/mol. The van der Waals surface area contributed by atoms with E-state index in [4.69, 9.17) is 9.47 Å². The van der Waals surface area contributed by atoms with Crippen LogP contribution in [0.1, 0.15) is 5.56 Å². The molecule has 0 unspecified atom stereocenters. The van der Waals surface area contributed by atoms with Gasteiger partial charge in [-0.1, -0.05) is 12.1 Å². The summed E-state index contributed by atoms with van der Waals surface area (Å²) in [4.78, 5) is 29.7. The zero-order chi connectivity index (χ0) is 21.5. The number of aromatic nitrogens is 2. The predicted octanol–water partition coefficient (Wildman–Crippen LogP) is 2.70. The average molecular weight is 402 g/mol. The molecular formula is C22H18N4O4. The highest BCUT2D eigenvalue weighted by atomic mass is 16.5. The van der Waals surface area contributed by atoms with E-state index in [2.05, 4.69) is 16.9 Å². The van der Waals surface area contributed by atoms with Crippen molar-refractivity contribution in [3.63, 3.8) is 0 Å². The molecule has 0 atom stereocenters. The van der Waals surface area contributed by atoms with Crippen LogP contribution in [0.3, 0.4) is 0 Å². The van der Waals surface area contributed by atoms with Gasteiger partial charge in [-0.2, -0.15) is 10.2 Å². The van der Waals surface area contributed by atoms with Gasteiger partial charge in [-0.05, 0) is 42.5 Å². The number of rotatable bonds is 7. The quantitative estimate of drug-likeness (QED) is 0.370. The summed E-state index contributed by atoms with van der Waals surface area (Å²) in [7, 11) is 1.55. The molecule has 0 radical (unpaired) electrons. The molecule has 0 aliphatic carbocycles. The molecule has 0 saturated heterocycles. The number of hydrogen-bond donors (Lipinski definition) is 1. The highest BCUT2D eigenvalue weighted by molar-refractivity contribution is 6.02. The molecule has 0 spiro atoms. The second-order valence-electron chi connectivity index (χ2n) is 6.01. The van der Waals surface area contributed by atoms with Crippen molar-refractivity contribution in [1.29, 1.82) is 5.26 Å². The number of amides is 1. The first-order valence-corrected chi connectivity index (χ1v) is 8.91. The largest absolute Gasteiger partial charge is 0.497 e. The van der Waals surface area contributed by atoms with Gasteiger partial charge in [0.15, 0.2) is 0 Å². The lowest BCUT2D eigenvalue weighted by Gasteiger charge is -2.10. The van der Waals surface area contributed by atoms with Gasteiger partial charge in [0.05, 0.1) is 7.11 Å². The SMILES string of the molecule is C=CCNC(=O)/C(C#N)=C/c1c(Oc2ccc(OC)cc2)nc2ccccn2c1=O. The topological polar surface area (TPSA) is 106 Å². The van der Waals surface area contributed by atoms with Gasteiger partial charge >= 0.3 is 0 Å². The van der Waals surface area contributed by atoms with Crippen molar-refractivity contribution in [3.8, 4) is 23.4 Å². The molecule has 0 bridgehead atoms. The zero-order valence-electron chi connectivity index (χ0n) is 16.2. The first-order chi connectivity index (χ1) is 14.6. The van der Waals surface area contributed by atoms with Crippen LogP contribution in [0.4, 0.5) is 0 Å². The number of methoxy groups -OCH3 is 1. The summed E-state index contributed by atoms with van der Waals surface area (Å²) < 4.78 is 12.3. The lowest BCUT2D eigenvalue weighted by atomic mass is 10.1. The Bertz CT molecular complexity index is 1220. The summed E-state index contributed by atoms with van der Waals surface area (Å²) in [6.07, 6.45) is 4.20. The van der Waals surface area contributed by atoms with Crippen LogP contribution in [0.15, 0.2) is 71.7 Å². The number of nitrogens with zero attached hydrogens (tertiary/aromatic N) is 3. The van der Waals surface area contributed by atoms with Gasteiger partial charge in [0.25, 0.3) is 11.5 Å². The van der Waals surface area contributed by atoms with Crippen LogP contribution in [-0.2, 0) is 4.79 Å². The Labute approximate surface area is 172 Å². The van der Waals surface area contributed by atoms with E-state index in [0.717, 1.165) is 0 Å². The van der Waals surface area contributed by atoms with Crippen LogP contribution >= 0.6 is 0 Å². The van der Waals surface area contributed by atoms with E-state index in [-0.39, 0.29) is 23.6 Å². The third-order valence-electron chi connectivity index (χ3n) is 4.07. The molecule has 0 aliphatic rings. The molecule has 1 amide bonds. The van der Waals surface area contributed by atoms with Gasteiger partial charge in [-0.3, -0.25) is 14.0 Å². The fourth-order valence-corrected chi connectivity index (χ4v) is 2.59. The summed E-state index contributed by atoms with van der Waals surface area (Å²) in [6, 6.07) is 13.6. The van der Waals surface area contributed by atoms with Gasteiger partial charge < -0.3 is 14.8 Å². The van der Waals surface area contributed by atoms with Crippen molar-refractivity contribution in [2.24, 2.45) is 0 Å². The summed E-state index contributed by atoms with van der Waals surface area (Å²) in [5.41, 5.74) is -0.405. The Hall–Kier alpha value is -4.38. The van der Waals surface area contributed by atoms with E-state index in [0.29, 0.717) is 17.1 Å². The molecule has 3 aromatic rings. The Morgan fingerprint density at radius 3 is 2.67 bits per heavy atom. The molecule has 150 valence electrons. The highest BCUT2D eigenvalue weighted by Gasteiger charge is 2.17. The van der Waals surface area contributed by atoms with Crippen molar-refractivity contribution in [2.45, 2.75) is 0 Å². The number of carbonyl (C=O) groups excluding carboxylic acids is 1. The molecule has 8 heteroatoms. The maximum atomic E-state index is 13.0. The summed E-state index contributed by atoms with van der Waals surface area (Å²) >= 11 is 0. The van der Waals surface area contributed by atoms with E-state index < -0.39 is 11.5 Å². The van der Waals surface area contributed by atoms with Crippen LogP contribution in [0.5, 0.6) is 17.4 Å². The van der Waals surface area contributed by atoms with E-state index >= 15 is 0 Å². The lowest BCUT2D eigenvalue weighted by molar-refractivity contribution is -0.116. The standard InChI is InChI=1S/C22H18N4O4/c1-3-11-24-20(27)15(14-23)13-18-21(30-17-9-7-16(29-2)8-10-17)25-19-6-4-5-12-26(19)22(18)28/h3-10,12-13H,1,11H2,2H3,(H,24,27)/b15-13+. The smallest absolute Gasteiger partial charge is 0.269 e. The third-order valence-corrected chi connectivity index (χ3v) is 4.07.